The van der Waals surface area contributed by atoms with Crippen molar-refractivity contribution in [1.82, 2.24) is 0 Å². The Hall–Kier alpha value is -2.21. The SMILES string of the molecule is Clc1cc(-c2ccc(C3OCCO3)cc2)cc(-c2ccccc2)c1C1OCCO1. The molecular formula is C24H21ClO4. The molecule has 29 heavy (non-hydrogen) atoms. The normalized spacial score (nSPS) is 17.8. The highest BCUT2D eigenvalue weighted by Gasteiger charge is 2.26. The van der Waals surface area contributed by atoms with Crippen molar-refractivity contribution >= 4 is 11.6 Å². The van der Waals surface area contributed by atoms with Crippen molar-refractivity contribution in [3.05, 3.63) is 82.9 Å². The fraction of sp³-hybridized carbons (Fsp3) is 0.250. The van der Waals surface area contributed by atoms with E-state index in [0.29, 0.717) is 31.5 Å². The zero-order chi connectivity index (χ0) is 19.6. The number of hydrogen-bond donors (Lipinski definition) is 0. The maximum atomic E-state index is 6.75. The zero-order valence-electron chi connectivity index (χ0n) is 15.8. The van der Waals surface area contributed by atoms with E-state index in [4.69, 9.17) is 30.5 Å². The fourth-order valence-corrected chi connectivity index (χ4v) is 4.10. The van der Waals surface area contributed by atoms with Crippen LogP contribution in [0.3, 0.4) is 0 Å². The van der Waals surface area contributed by atoms with Crippen molar-refractivity contribution in [2.75, 3.05) is 26.4 Å². The van der Waals surface area contributed by atoms with E-state index in [1.54, 1.807) is 0 Å². The molecule has 0 radical (unpaired) electrons. The van der Waals surface area contributed by atoms with E-state index in [2.05, 4.69) is 30.3 Å². The molecule has 0 aromatic heterocycles. The third-order valence-corrected chi connectivity index (χ3v) is 5.52. The molecule has 0 spiro atoms. The molecule has 148 valence electrons. The molecule has 0 atom stereocenters. The van der Waals surface area contributed by atoms with Gasteiger partial charge in [0.15, 0.2) is 12.6 Å². The third kappa shape index (κ3) is 3.82. The van der Waals surface area contributed by atoms with Gasteiger partial charge in [0.25, 0.3) is 0 Å². The first kappa shape index (κ1) is 18.8. The van der Waals surface area contributed by atoms with E-state index < -0.39 is 6.29 Å². The lowest BCUT2D eigenvalue weighted by molar-refractivity contribution is -0.0441. The Morgan fingerprint density at radius 2 is 1.24 bits per heavy atom. The van der Waals surface area contributed by atoms with Gasteiger partial charge in [0.1, 0.15) is 0 Å². The van der Waals surface area contributed by atoms with Gasteiger partial charge in [0.2, 0.25) is 0 Å². The molecule has 0 bridgehead atoms. The molecule has 2 heterocycles. The molecule has 2 aliphatic rings. The fourth-order valence-electron chi connectivity index (χ4n) is 3.79. The van der Waals surface area contributed by atoms with Gasteiger partial charge >= 0.3 is 0 Å². The summed E-state index contributed by atoms with van der Waals surface area (Å²) in [7, 11) is 0. The highest BCUT2D eigenvalue weighted by Crippen LogP contribution is 2.41. The summed E-state index contributed by atoms with van der Waals surface area (Å²) < 4.78 is 22.7. The molecule has 4 nitrogen and oxygen atoms in total. The quantitative estimate of drug-likeness (QED) is 0.549. The molecule has 3 aromatic rings. The van der Waals surface area contributed by atoms with Gasteiger partial charge in [-0.25, -0.2) is 0 Å². The summed E-state index contributed by atoms with van der Waals surface area (Å²) in [6.07, 6.45) is -0.711. The molecular weight excluding hydrogens is 388 g/mol. The smallest absolute Gasteiger partial charge is 0.186 e. The van der Waals surface area contributed by atoms with E-state index in [-0.39, 0.29) is 6.29 Å². The summed E-state index contributed by atoms with van der Waals surface area (Å²) >= 11 is 6.75. The van der Waals surface area contributed by atoms with Gasteiger partial charge < -0.3 is 18.9 Å². The number of rotatable bonds is 4. The molecule has 0 unspecified atom stereocenters. The number of ether oxygens (including phenoxy) is 4. The second kappa shape index (κ2) is 8.27. The van der Waals surface area contributed by atoms with E-state index in [1.807, 2.05) is 36.4 Å². The van der Waals surface area contributed by atoms with Crippen molar-refractivity contribution in [2.24, 2.45) is 0 Å². The van der Waals surface area contributed by atoms with Crippen LogP contribution in [-0.4, -0.2) is 26.4 Å². The molecule has 0 N–H and O–H groups in total. The van der Waals surface area contributed by atoms with E-state index in [1.165, 1.54) is 0 Å². The van der Waals surface area contributed by atoms with Crippen LogP contribution in [0.25, 0.3) is 22.3 Å². The maximum absolute atomic E-state index is 6.75. The predicted molar refractivity (Wildman–Crippen MR) is 112 cm³/mol. The largest absolute Gasteiger partial charge is 0.346 e. The minimum Gasteiger partial charge on any atom is -0.346 e. The molecule has 2 saturated heterocycles. The lowest BCUT2D eigenvalue weighted by Gasteiger charge is -2.19. The van der Waals surface area contributed by atoms with E-state index >= 15 is 0 Å². The van der Waals surface area contributed by atoms with Crippen molar-refractivity contribution in [1.29, 1.82) is 0 Å². The Morgan fingerprint density at radius 1 is 0.621 bits per heavy atom. The first-order chi connectivity index (χ1) is 14.3. The lowest BCUT2D eigenvalue weighted by Crippen LogP contribution is -2.03. The predicted octanol–water partition coefficient (Wildman–Crippen LogP) is 5.76. The van der Waals surface area contributed by atoms with Gasteiger partial charge in [-0.05, 0) is 34.4 Å². The summed E-state index contributed by atoms with van der Waals surface area (Å²) in [5.74, 6) is 0. The highest BCUT2D eigenvalue weighted by molar-refractivity contribution is 6.32. The van der Waals surface area contributed by atoms with Crippen molar-refractivity contribution in [2.45, 2.75) is 12.6 Å². The average Bonchev–Trinajstić information content (AvgIpc) is 3.48. The van der Waals surface area contributed by atoms with Crippen LogP contribution in [0.15, 0.2) is 66.7 Å². The van der Waals surface area contributed by atoms with Gasteiger partial charge in [-0.2, -0.15) is 0 Å². The number of halogens is 1. The Morgan fingerprint density at radius 3 is 1.90 bits per heavy atom. The molecule has 5 heteroatoms. The Labute approximate surface area is 174 Å². The van der Waals surface area contributed by atoms with Crippen LogP contribution < -0.4 is 0 Å². The molecule has 0 amide bonds. The van der Waals surface area contributed by atoms with Crippen LogP contribution in [-0.2, 0) is 18.9 Å². The Balaban J connectivity index is 1.56. The van der Waals surface area contributed by atoms with Crippen LogP contribution >= 0.6 is 11.6 Å². The van der Waals surface area contributed by atoms with E-state index in [9.17, 15) is 0 Å². The van der Waals surface area contributed by atoms with Gasteiger partial charge in [-0.3, -0.25) is 0 Å². The molecule has 2 aliphatic heterocycles. The summed E-state index contributed by atoms with van der Waals surface area (Å²) in [6.45, 7) is 2.41. The second-order valence-corrected chi connectivity index (χ2v) is 7.46. The summed E-state index contributed by atoms with van der Waals surface area (Å²) in [4.78, 5) is 0. The molecule has 5 rings (SSSR count). The summed E-state index contributed by atoms with van der Waals surface area (Å²) in [5, 5.41) is 0.639. The van der Waals surface area contributed by atoms with Crippen molar-refractivity contribution < 1.29 is 18.9 Å². The Kier molecular flexibility index (Phi) is 5.36. The molecule has 0 aliphatic carbocycles. The topological polar surface area (TPSA) is 36.9 Å². The van der Waals surface area contributed by atoms with Crippen molar-refractivity contribution in [3.63, 3.8) is 0 Å². The van der Waals surface area contributed by atoms with Crippen LogP contribution in [0, 0.1) is 0 Å². The molecule has 3 aromatic carbocycles. The van der Waals surface area contributed by atoms with Crippen LogP contribution in [0.4, 0.5) is 0 Å². The van der Waals surface area contributed by atoms with Crippen LogP contribution in [0.1, 0.15) is 23.7 Å². The zero-order valence-corrected chi connectivity index (χ0v) is 16.6. The second-order valence-electron chi connectivity index (χ2n) is 7.05. The first-order valence-electron chi connectivity index (χ1n) is 9.75. The highest BCUT2D eigenvalue weighted by atomic mass is 35.5. The minimum atomic E-state index is -0.439. The standard InChI is InChI=1S/C24H21ClO4/c25-21-15-19(16-6-8-18(9-7-16)23-26-10-11-27-23)14-20(17-4-2-1-3-5-17)22(21)24-28-12-13-29-24/h1-9,14-15,23-24H,10-13H2. The average molecular weight is 409 g/mol. The van der Waals surface area contributed by atoms with Crippen LogP contribution in [0.5, 0.6) is 0 Å². The summed E-state index contributed by atoms with van der Waals surface area (Å²) in [6, 6.07) is 22.5. The van der Waals surface area contributed by atoms with E-state index in [0.717, 1.165) is 33.4 Å². The molecule has 0 saturated carbocycles. The third-order valence-electron chi connectivity index (χ3n) is 5.21. The monoisotopic (exact) mass is 408 g/mol. The maximum Gasteiger partial charge on any atom is 0.186 e. The van der Waals surface area contributed by atoms with Crippen molar-refractivity contribution in [3.8, 4) is 22.3 Å². The number of hydrogen-bond acceptors (Lipinski definition) is 4. The Bertz CT molecular complexity index is 976. The van der Waals surface area contributed by atoms with Gasteiger partial charge in [-0.15, -0.1) is 0 Å². The number of benzene rings is 3. The molecule has 2 fully saturated rings. The first-order valence-corrected chi connectivity index (χ1v) is 10.1. The summed E-state index contributed by atoms with van der Waals surface area (Å²) in [5.41, 5.74) is 6.11. The van der Waals surface area contributed by atoms with Gasteiger partial charge in [0.05, 0.1) is 31.5 Å². The van der Waals surface area contributed by atoms with Gasteiger partial charge in [0, 0.05) is 11.1 Å². The minimum absolute atomic E-state index is 0.272. The van der Waals surface area contributed by atoms with Gasteiger partial charge in [-0.1, -0.05) is 66.2 Å². The van der Waals surface area contributed by atoms with Crippen LogP contribution in [0.2, 0.25) is 5.02 Å². The lowest BCUT2D eigenvalue weighted by atomic mass is 9.93.